The number of thiol groups is 1. The summed E-state index contributed by atoms with van der Waals surface area (Å²) in [7, 11) is 3.30. The van der Waals surface area contributed by atoms with Crippen molar-refractivity contribution in [3.05, 3.63) is 39.9 Å². The fraction of sp³-hybridized carbons (Fsp3) is 0.471. The fourth-order valence-corrected chi connectivity index (χ4v) is 2.71. The number of amidine groups is 1. The molecular weight excluding hydrogens is 388 g/mol. The van der Waals surface area contributed by atoms with Crippen LogP contribution >= 0.6 is 12.6 Å². The predicted molar refractivity (Wildman–Crippen MR) is 104 cm³/mol. The second-order valence-corrected chi connectivity index (χ2v) is 7.06. The van der Waals surface area contributed by atoms with Gasteiger partial charge in [-0.15, -0.1) is 0 Å². The van der Waals surface area contributed by atoms with Gasteiger partial charge in [0.25, 0.3) is 5.69 Å². The van der Waals surface area contributed by atoms with Gasteiger partial charge in [-0.2, -0.15) is 12.6 Å². The lowest BCUT2D eigenvalue weighted by Gasteiger charge is -2.16. The SMILES string of the molecule is CN(C)C(=O)CCO/N=C1\CC(S)CN1C(=O)OCc1ccc([N+](=O)[O-])cc1. The third-order valence-electron chi connectivity index (χ3n) is 3.93. The summed E-state index contributed by atoms with van der Waals surface area (Å²) in [5.74, 6) is 0.295. The Bertz CT molecular complexity index is 753. The maximum absolute atomic E-state index is 12.3. The number of ether oxygens (including phenoxy) is 1. The van der Waals surface area contributed by atoms with Crippen LogP contribution in [-0.4, -0.2) is 65.1 Å². The number of hydrogen-bond donors (Lipinski definition) is 1. The number of nitro benzene ring substituents is 1. The number of carbonyl (C=O) groups excluding carboxylic acids is 2. The summed E-state index contributed by atoms with van der Waals surface area (Å²) < 4.78 is 5.25. The summed E-state index contributed by atoms with van der Waals surface area (Å²) in [4.78, 5) is 42.0. The molecular formula is C17H22N4O6S. The molecule has 152 valence electrons. The molecule has 0 saturated carbocycles. The van der Waals surface area contributed by atoms with Crippen molar-refractivity contribution in [2.24, 2.45) is 5.16 Å². The van der Waals surface area contributed by atoms with Crippen LogP contribution in [0.15, 0.2) is 29.4 Å². The molecule has 1 fully saturated rings. The number of benzene rings is 1. The van der Waals surface area contributed by atoms with Crippen LogP contribution < -0.4 is 0 Å². The first-order valence-electron chi connectivity index (χ1n) is 8.52. The van der Waals surface area contributed by atoms with Gasteiger partial charge >= 0.3 is 6.09 Å². The number of nitro groups is 1. The van der Waals surface area contributed by atoms with Crippen molar-refractivity contribution in [1.82, 2.24) is 9.80 Å². The lowest BCUT2D eigenvalue weighted by molar-refractivity contribution is -0.384. The predicted octanol–water partition coefficient (Wildman–Crippen LogP) is 2.04. The first-order chi connectivity index (χ1) is 13.3. The highest BCUT2D eigenvalue weighted by atomic mass is 32.1. The van der Waals surface area contributed by atoms with Crippen LogP contribution in [0.3, 0.4) is 0 Å². The molecule has 0 aromatic heterocycles. The molecule has 2 amide bonds. The van der Waals surface area contributed by atoms with E-state index in [9.17, 15) is 19.7 Å². The highest BCUT2D eigenvalue weighted by Gasteiger charge is 2.32. The van der Waals surface area contributed by atoms with Crippen LogP contribution in [0.5, 0.6) is 0 Å². The van der Waals surface area contributed by atoms with Gasteiger partial charge in [-0.05, 0) is 17.7 Å². The normalized spacial score (nSPS) is 17.5. The molecule has 1 aromatic rings. The number of likely N-dealkylation sites (tertiary alicyclic amines) is 1. The van der Waals surface area contributed by atoms with Gasteiger partial charge in [-0.3, -0.25) is 19.8 Å². The average molecular weight is 410 g/mol. The number of non-ortho nitro benzene ring substituents is 1. The standard InChI is InChI=1S/C17H22N4O6S/c1-19(2)16(22)7-8-27-18-15-9-14(28)10-20(15)17(23)26-11-12-3-5-13(6-4-12)21(24)25/h3-6,14,28H,7-11H2,1-2H3/b18-15+. The van der Waals surface area contributed by atoms with Gasteiger partial charge in [0.05, 0.1) is 11.3 Å². The average Bonchev–Trinajstić information content (AvgIpc) is 3.04. The minimum absolute atomic E-state index is 0.0317. The second kappa shape index (κ2) is 9.93. The molecule has 0 N–H and O–H groups in total. The number of oxime groups is 1. The molecule has 0 radical (unpaired) electrons. The van der Waals surface area contributed by atoms with Crippen LogP contribution in [-0.2, 0) is 21.0 Å². The highest BCUT2D eigenvalue weighted by Crippen LogP contribution is 2.19. The van der Waals surface area contributed by atoms with Crippen LogP contribution in [0.1, 0.15) is 18.4 Å². The van der Waals surface area contributed by atoms with Crippen LogP contribution in [0.2, 0.25) is 0 Å². The van der Waals surface area contributed by atoms with Gasteiger partial charge in [0.2, 0.25) is 5.91 Å². The van der Waals surface area contributed by atoms with E-state index in [1.807, 2.05) is 0 Å². The Morgan fingerprint density at radius 1 is 1.36 bits per heavy atom. The van der Waals surface area contributed by atoms with E-state index in [4.69, 9.17) is 9.57 Å². The van der Waals surface area contributed by atoms with E-state index in [2.05, 4.69) is 17.8 Å². The van der Waals surface area contributed by atoms with Crippen molar-refractivity contribution in [2.45, 2.75) is 24.7 Å². The van der Waals surface area contributed by atoms with E-state index in [0.717, 1.165) is 0 Å². The summed E-state index contributed by atoms with van der Waals surface area (Å²) >= 11 is 4.37. The van der Waals surface area contributed by atoms with Gasteiger partial charge in [-0.25, -0.2) is 4.79 Å². The van der Waals surface area contributed by atoms with E-state index >= 15 is 0 Å². The Balaban J connectivity index is 1.88. The topological polar surface area (TPSA) is 115 Å². The highest BCUT2D eigenvalue weighted by molar-refractivity contribution is 7.81. The molecule has 10 nitrogen and oxygen atoms in total. The number of amides is 2. The lowest BCUT2D eigenvalue weighted by atomic mass is 10.2. The van der Waals surface area contributed by atoms with Gasteiger partial charge in [0, 0.05) is 44.4 Å². The van der Waals surface area contributed by atoms with Gasteiger partial charge < -0.3 is 14.5 Å². The Morgan fingerprint density at radius 2 is 2.04 bits per heavy atom. The van der Waals surface area contributed by atoms with Gasteiger partial charge in [0.15, 0.2) is 5.84 Å². The molecule has 0 spiro atoms. The van der Waals surface area contributed by atoms with Crippen LogP contribution in [0, 0.1) is 10.1 Å². The summed E-state index contributed by atoms with van der Waals surface area (Å²) in [5.41, 5.74) is 0.587. The molecule has 0 aliphatic carbocycles. The second-order valence-electron chi connectivity index (χ2n) is 6.33. The molecule has 11 heteroatoms. The molecule has 1 atom stereocenters. The third-order valence-corrected chi connectivity index (χ3v) is 4.27. The quantitative estimate of drug-likeness (QED) is 0.318. The molecule has 1 unspecified atom stereocenters. The van der Waals surface area contributed by atoms with Gasteiger partial charge in [0.1, 0.15) is 13.2 Å². The first-order valence-corrected chi connectivity index (χ1v) is 9.04. The molecule has 1 aromatic carbocycles. The van der Waals surface area contributed by atoms with Crippen molar-refractivity contribution < 1.29 is 24.1 Å². The molecule has 1 heterocycles. The van der Waals surface area contributed by atoms with E-state index in [1.165, 1.54) is 34.1 Å². The van der Waals surface area contributed by atoms with E-state index in [0.29, 0.717) is 24.4 Å². The summed E-state index contributed by atoms with van der Waals surface area (Å²) in [5, 5.41) is 14.5. The van der Waals surface area contributed by atoms with Crippen molar-refractivity contribution in [1.29, 1.82) is 0 Å². The summed E-state index contributed by atoms with van der Waals surface area (Å²) in [6.07, 6.45) is -0.00242. The zero-order chi connectivity index (χ0) is 20.7. The Morgan fingerprint density at radius 3 is 2.64 bits per heavy atom. The van der Waals surface area contributed by atoms with Gasteiger partial charge in [-0.1, -0.05) is 5.16 Å². The maximum Gasteiger partial charge on any atom is 0.415 e. The van der Waals surface area contributed by atoms with Crippen molar-refractivity contribution in [3.63, 3.8) is 0 Å². The number of hydrogen-bond acceptors (Lipinski definition) is 8. The van der Waals surface area contributed by atoms with E-state index in [-0.39, 0.29) is 36.5 Å². The molecule has 1 aliphatic rings. The minimum atomic E-state index is -0.610. The smallest absolute Gasteiger partial charge is 0.415 e. The fourth-order valence-electron chi connectivity index (χ4n) is 2.38. The first kappa shape index (κ1) is 21.5. The summed E-state index contributed by atoms with van der Waals surface area (Å²) in [6, 6.07) is 5.74. The largest absolute Gasteiger partial charge is 0.444 e. The molecule has 28 heavy (non-hydrogen) atoms. The van der Waals surface area contributed by atoms with Crippen LogP contribution in [0.25, 0.3) is 0 Å². The minimum Gasteiger partial charge on any atom is -0.444 e. The molecule has 2 rings (SSSR count). The number of carbonyl (C=O) groups is 2. The molecule has 1 saturated heterocycles. The monoisotopic (exact) mass is 410 g/mol. The number of rotatable bonds is 7. The zero-order valence-electron chi connectivity index (χ0n) is 15.6. The van der Waals surface area contributed by atoms with Crippen molar-refractivity contribution in [2.75, 3.05) is 27.2 Å². The Kier molecular flexibility index (Phi) is 7.61. The molecule has 0 bridgehead atoms. The zero-order valence-corrected chi connectivity index (χ0v) is 16.5. The van der Waals surface area contributed by atoms with Crippen molar-refractivity contribution in [3.8, 4) is 0 Å². The van der Waals surface area contributed by atoms with E-state index < -0.39 is 11.0 Å². The van der Waals surface area contributed by atoms with E-state index in [1.54, 1.807) is 14.1 Å². The summed E-state index contributed by atoms with van der Waals surface area (Å²) in [6.45, 7) is 0.389. The Labute approximate surface area is 167 Å². The van der Waals surface area contributed by atoms with Crippen LogP contribution in [0.4, 0.5) is 10.5 Å². The molecule has 1 aliphatic heterocycles. The third kappa shape index (κ3) is 6.12. The number of nitrogens with zero attached hydrogens (tertiary/aromatic N) is 4. The Hall–Kier alpha value is -2.82. The van der Waals surface area contributed by atoms with Crippen molar-refractivity contribution >= 4 is 36.2 Å². The lowest BCUT2D eigenvalue weighted by Crippen LogP contribution is -2.33. The maximum atomic E-state index is 12.3.